The number of carbonyl (C=O) groups excluding carboxylic acids is 1. The average Bonchev–Trinajstić information content (AvgIpc) is 2.41. The number of benzene rings is 2. The third-order valence-corrected chi connectivity index (χ3v) is 3.91. The Balaban J connectivity index is 2.57. The lowest BCUT2D eigenvalue weighted by atomic mass is 10.1. The Morgan fingerprint density at radius 3 is 2.40 bits per heavy atom. The molecule has 2 aromatic rings. The van der Waals surface area contributed by atoms with Crippen molar-refractivity contribution >= 4 is 32.5 Å². The molecule has 0 aromatic heterocycles. The molecule has 5 nitrogen and oxygen atoms in total. The Labute approximate surface area is 117 Å². The maximum atomic E-state index is 11.6. The van der Waals surface area contributed by atoms with E-state index in [-0.39, 0.29) is 17.4 Å². The van der Waals surface area contributed by atoms with Gasteiger partial charge in [0.15, 0.2) is 5.75 Å². The molecule has 2 aromatic carbocycles. The van der Waals surface area contributed by atoms with E-state index in [1.807, 2.05) is 6.07 Å². The van der Waals surface area contributed by atoms with Gasteiger partial charge in [-0.3, -0.25) is 4.79 Å². The molecular weight excluding hydrogens is 278 g/mol. The van der Waals surface area contributed by atoms with Crippen molar-refractivity contribution in [3.05, 3.63) is 36.4 Å². The minimum atomic E-state index is -3.59. The van der Waals surface area contributed by atoms with Gasteiger partial charge in [-0.1, -0.05) is 24.3 Å². The van der Waals surface area contributed by atoms with Gasteiger partial charge < -0.3 is 9.50 Å². The summed E-state index contributed by atoms with van der Waals surface area (Å²) >= 11 is 0. The number of nitrogens with one attached hydrogen (secondary N) is 1. The van der Waals surface area contributed by atoms with Crippen molar-refractivity contribution in [3.8, 4) is 5.75 Å². The Morgan fingerprint density at radius 2 is 1.80 bits per heavy atom. The second-order valence-electron chi connectivity index (χ2n) is 4.27. The highest BCUT2D eigenvalue weighted by Crippen LogP contribution is 2.32. The van der Waals surface area contributed by atoms with Gasteiger partial charge >= 0.3 is 10.1 Å². The monoisotopic (exact) mass is 293 g/mol. The van der Waals surface area contributed by atoms with Gasteiger partial charge in [0, 0.05) is 23.4 Å². The predicted molar refractivity (Wildman–Crippen MR) is 78.3 cm³/mol. The van der Waals surface area contributed by atoms with E-state index in [1.54, 1.807) is 30.3 Å². The maximum absolute atomic E-state index is 11.6. The number of rotatable bonds is 4. The smallest absolute Gasteiger partial charge is 0.308 e. The summed E-state index contributed by atoms with van der Waals surface area (Å²) in [6.07, 6.45) is 0. The van der Waals surface area contributed by atoms with Crippen molar-refractivity contribution in [2.75, 3.05) is 11.1 Å². The molecular formula is C14H15NO4S. The van der Waals surface area contributed by atoms with Gasteiger partial charge in [-0.05, 0) is 19.1 Å². The highest BCUT2D eigenvalue weighted by molar-refractivity contribution is 7.87. The van der Waals surface area contributed by atoms with Gasteiger partial charge in [0.2, 0.25) is 5.91 Å². The molecule has 20 heavy (non-hydrogen) atoms. The lowest BCUT2D eigenvalue weighted by Crippen LogP contribution is -2.12. The number of carbonyl (C=O) groups is 1. The predicted octanol–water partition coefficient (Wildman–Crippen LogP) is 2.53. The van der Waals surface area contributed by atoms with Gasteiger partial charge in [-0.15, -0.1) is 0 Å². The van der Waals surface area contributed by atoms with Gasteiger partial charge in [-0.2, -0.15) is 8.42 Å². The van der Waals surface area contributed by atoms with Gasteiger partial charge in [0.05, 0.1) is 5.75 Å². The molecule has 0 aliphatic rings. The van der Waals surface area contributed by atoms with Crippen LogP contribution in [0.4, 0.5) is 5.69 Å². The quantitative estimate of drug-likeness (QED) is 0.879. The zero-order chi connectivity index (χ0) is 14.8. The summed E-state index contributed by atoms with van der Waals surface area (Å²) in [5, 5.41) is 4.07. The van der Waals surface area contributed by atoms with Crippen LogP contribution in [0.1, 0.15) is 13.8 Å². The average molecular weight is 293 g/mol. The van der Waals surface area contributed by atoms with Crippen molar-refractivity contribution in [1.29, 1.82) is 0 Å². The van der Waals surface area contributed by atoms with Crippen LogP contribution in [0.5, 0.6) is 5.75 Å². The molecule has 1 amide bonds. The zero-order valence-corrected chi connectivity index (χ0v) is 12.0. The first kappa shape index (κ1) is 14.3. The van der Waals surface area contributed by atoms with E-state index in [0.717, 1.165) is 5.39 Å². The highest BCUT2D eigenvalue weighted by Gasteiger charge is 2.13. The summed E-state index contributed by atoms with van der Waals surface area (Å²) in [6.45, 7) is 2.93. The van der Waals surface area contributed by atoms with Crippen LogP contribution in [0.15, 0.2) is 36.4 Å². The van der Waals surface area contributed by atoms with Gasteiger partial charge in [0.1, 0.15) is 0 Å². The second-order valence-corrected chi connectivity index (χ2v) is 6.13. The molecule has 0 heterocycles. The molecule has 0 fully saturated rings. The van der Waals surface area contributed by atoms with Crippen molar-refractivity contribution in [2.45, 2.75) is 13.8 Å². The zero-order valence-electron chi connectivity index (χ0n) is 11.2. The van der Waals surface area contributed by atoms with Crippen molar-refractivity contribution in [3.63, 3.8) is 0 Å². The summed E-state index contributed by atoms with van der Waals surface area (Å²) < 4.78 is 28.3. The van der Waals surface area contributed by atoms with Gasteiger partial charge in [0.25, 0.3) is 0 Å². The number of amides is 1. The topological polar surface area (TPSA) is 72.5 Å². The van der Waals surface area contributed by atoms with Crippen molar-refractivity contribution in [1.82, 2.24) is 0 Å². The third kappa shape index (κ3) is 3.08. The van der Waals surface area contributed by atoms with Crippen LogP contribution in [0.3, 0.4) is 0 Å². The van der Waals surface area contributed by atoms with Crippen LogP contribution in [-0.2, 0) is 14.9 Å². The Hall–Kier alpha value is -2.08. The molecule has 0 aliphatic heterocycles. The van der Waals surface area contributed by atoms with Gasteiger partial charge in [-0.25, -0.2) is 0 Å². The summed E-state index contributed by atoms with van der Waals surface area (Å²) in [4.78, 5) is 11.2. The Morgan fingerprint density at radius 1 is 1.15 bits per heavy atom. The summed E-state index contributed by atoms with van der Waals surface area (Å²) in [5.41, 5.74) is 0.620. The molecule has 0 bridgehead atoms. The molecule has 2 rings (SSSR count). The van der Waals surface area contributed by atoms with E-state index in [1.165, 1.54) is 13.8 Å². The fourth-order valence-electron chi connectivity index (χ4n) is 1.84. The second kappa shape index (κ2) is 5.50. The van der Waals surface area contributed by atoms with Crippen LogP contribution in [0.25, 0.3) is 10.8 Å². The van der Waals surface area contributed by atoms with Crippen molar-refractivity contribution < 1.29 is 17.4 Å². The van der Waals surface area contributed by atoms with Crippen LogP contribution < -0.4 is 9.50 Å². The highest BCUT2D eigenvalue weighted by atomic mass is 32.2. The lowest BCUT2D eigenvalue weighted by Gasteiger charge is -2.12. The Bertz CT molecular complexity index is 753. The van der Waals surface area contributed by atoms with Crippen molar-refractivity contribution in [2.24, 2.45) is 0 Å². The number of hydrogen-bond acceptors (Lipinski definition) is 4. The van der Waals surface area contributed by atoms with E-state index in [2.05, 4.69) is 5.32 Å². The minimum absolute atomic E-state index is 0.102. The standard InChI is InChI=1S/C14H15NO4S/c1-3-20(17,18)19-14-9-8-13(15-10(2)16)11-6-4-5-7-12(11)14/h4-9H,3H2,1-2H3,(H,15,16). The van der Waals surface area contributed by atoms with Crippen LogP contribution in [0.2, 0.25) is 0 Å². The molecule has 0 unspecified atom stereocenters. The molecule has 0 saturated heterocycles. The molecule has 0 radical (unpaired) electrons. The van der Waals surface area contributed by atoms with E-state index in [4.69, 9.17) is 4.18 Å². The molecule has 0 saturated carbocycles. The van der Waals surface area contributed by atoms with E-state index >= 15 is 0 Å². The minimum Gasteiger partial charge on any atom is -0.382 e. The SMILES string of the molecule is CCS(=O)(=O)Oc1ccc(NC(C)=O)c2ccccc12. The maximum Gasteiger partial charge on any atom is 0.308 e. The summed E-state index contributed by atoms with van der Waals surface area (Å²) in [7, 11) is -3.59. The van der Waals surface area contributed by atoms with Crippen LogP contribution >= 0.6 is 0 Å². The number of fused-ring (bicyclic) bond motifs is 1. The number of anilines is 1. The molecule has 106 valence electrons. The fourth-order valence-corrected chi connectivity index (χ4v) is 2.38. The number of hydrogen-bond donors (Lipinski definition) is 1. The van der Waals surface area contributed by atoms with E-state index < -0.39 is 10.1 Å². The summed E-state index contributed by atoms with van der Waals surface area (Å²) in [5.74, 6) is -0.0315. The van der Waals surface area contributed by atoms with E-state index in [9.17, 15) is 13.2 Å². The molecule has 0 atom stereocenters. The first-order chi connectivity index (χ1) is 9.43. The fraction of sp³-hybridized carbons (Fsp3) is 0.214. The first-order valence-electron chi connectivity index (χ1n) is 6.14. The summed E-state index contributed by atoms with van der Waals surface area (Å²) in [6, 6.07) is 10.3. The molecule has 1 N–H and O–H groups in total. The van der Waals surface area contributed by atoms with Crippen LogP contribution in [0, 0.1) is 0 Å². The molecule has 0 spiro atoms. The Kier molecular flexibility index (Phi) is 3.94. The third-order valence-electron chi connectivity index (χ3n) is 2.77. The largest absolute Gasteiger partial charge is 0.382 e. The first-order valence-corrected chi connectivity index (χ1v) is 7.72. The van der Waals surface area contributed by atoms with E-state index in [0.29, 0.717) is 11.1 Å². The molecule has 0 aliphatic carbocycles. The van der Waals surface area contributed by atoms with Crippen LogP contribution in [-0.4, -0.2) is 20.1 Å². The lowest BCUT2D eigenvalue weighted by molar-refractivity contribution is -0.114. The normalized spacial score (nSPS) is 11.3. The molecule has 6 heteroatoms.